The molecule has 1 aliphatic rings. The van der Waals surface area contributed by atoms with Crippen LogP contribution in [0.15, 0.2) is 284 Å². The van der Waals surface area contributed by atoms with Gasteiger partial charge in [0.25, 0.3) is 0 Å². The maximum absolute atomic E-state index is 6.74. The Bertz CT molecular complexity index is 4040. The van der Waals surface area contributed by atoms with Crippen LogP contribution in [0.2, 0.25) is 0 Å². The average molecular weight is 1030 g/mol. The van der Waals surface area contributed by atoms with Crippen LogP contribution < -0.4 is 5.73 Å². The molecule has 1 aromatic heterocycles. The van der Waals surface area contributed by atoms with Crippen molar-refractivity contribution >= 4 is 55.0 Å². The lowest BCUT2D eigenvalue weighted by Crippen LogP contribution is -2.16. The number of aryl methyl sites for hydroxylation is 1. The highest BCUT2D eigenvalue weighted by atomic mass is 15.1. The van der Waals surface area contributed by atoms with Crippen molar-refractivity contribution in [1.29, 1.82) is 0 Å². The Morgan fingerprint density at radius 2 is 1.15 bits per heavy atom. The van der Waals surface area contributed by atoms with Gasteiger partial charge in [-0.25, -0.2) is 9.98 Å². The lowest BCUT2D eigenvalue weighted by molar-refractivity contribution is 0.661. The molecule has 0 aliphatic heterocycles. The molecule has 12 rings (SSSR count). The maximum atomic E-state index is 6.74. The zero-order valence-electron chi connectivity index (χ0n) is 46.5. The largest absolute Gasteiger partial charge is 0.383 e. The van der Waals surface area contributed by atoms with Crippen LogP contribution in [-0.4, -0.2) is 16.2 Å². The van der Waals surface area contributed by atoms with E-state index in [1.54, 1.807) is 6.08 Å². The van der Waals surface area contributed by atoms with Crippen molar-refractivity contribution in [2.24, 2.45) is 15.7 Å². The van der Waals surface area contributed by atoms with Crippen molar-refractivity contribution in [2.45, 2.75) is 60.0 Å². The standard InChI is InChI=1S/C56H42N4.C9H12.C8H10.C2H6/c1-56(2)49-30-29-43(33-48(49)52-44-21-12-11-16-38(44)28-31-50(52)56)45-22-13-23-46-47-32-41-19-9-10-20-42(41)34-51(47)60(53(45)46)35-58-55(59-54(57)39-17-7-4-8-18-39)40-26-24-37(25-27-40)36-14-5-3-6-15-36;1-4-6-7-8-9(3)5-2;1-2-8-6-4-3-5-7-8;1-2/h3-34H,35H2,1-2H3,(H2,57,58,59);4-8H,2-3H2,1H3;3-7H,2H2,1H3;1-2H3/b;6-4-,8-7-;;. The summed E-state index contributed by atoms with van der Waals surface area (Å²) in [6, 6.07) is 79.7. The molecule has 11 aromatic rings. The van der Waals surface area contributed by atoms with Crippen LogP contribution in [0.25, 0.3) is 76.7 Å². The number of rotatable bonds is 10. The van der Waals surface area contributed by atoms with E-state index < -0.39 is 0 Å². The van der Waals surface area contributed by atoms with Crippen LogP contribution in [0, 0.1) is 0 Å². The van der Waals surface area contributed by atoms with E-state index in [1.165, 1.54) is 71.3 Å². The third-order valence-corrected chi connectivity index (χ3v) is 14.7. The number of fused-ring (bicyclic) bond motifs is 9. The molecule has 0 spiro atoms. The second-order valence-electron chi connectivity index (χ2n) is 19.9. The lowest BCUT2D eigenvalue weighted by Gasteiger charge is -2.21. The fourth-order valence-electron chi connectivity index (χ4n) is 10.5. The number of allylic oxidation sites excluding steroid dienone is 6. The molecule has 0 fully saturated rings. The number of nitrogens with zero attached hydrogens (tertiary/aromatic N) is 3. The third kappa shape index (κ3) is 11.8. The van der Waals surface area contributed by atoms with Gasteiger partial charge in [0.1, 0.15) is 12.5 Å². The van der Waals surface area contributed by atoms with Gasteiger partial charge in [0.2, 0.25) is 0 Å². The highest BCUT2D eigenvalue weighted by Crippen LogP contribution is 2.52. The fourth-order valence-corrected chi connectivity index (χ4v) is 10.5. The lowest BCUT2D eigenvalue weighted by atomic mass is 9.82. The second kappa shape index (κ2) is 25.2. The number of nitrogens with two attached hydrogens (primary N) is 1. The van der Waals surface area contributed by atoms with E-state index in [1.807, 2.05) is 87.5 Å². The van der Waals surface area contributed by atoms with E-state index in [4.69, 9.17) is 15.7 Å². The first-order valence-corrected chi connectivity index (χ1v) is 27.5. The number of hydrogen-bond acceptors (Lipinski definition) is 1. The Morgan fingerprint density at radius 3 is 1.82 bits per heavy atom. The number of hydrogen-bond donors (Lipinski definition) is 1. The Labute approximate surface area is 467 Å². The summed E-state index contributed by atoms with van der Waals surface area (Å²) in [7, 11) is 0. The predicted octanol–water partition coefficient (Wildman–Crippen LogP) is 19.7. The molecule has 1 aliphatic carbocycles. The van der Waals surface area contributed by atoms with Gasteiger partial charge < -0.3 is 10.3 Å². The van der Waals surface area contributed by atoms with Gasteiger partial charge in [-0.3, -0.25) is 0 Å². The molecule has 0 saturated heterocycles. The number of amidine groups is 2. The Morgan fingerprint density at radius 1 is 0.557 bits per heavy atom. The molecule has 0 bridgehead atoms. The van der Waals surface area contributed by atoms with E-state index in [-0.39, 0.29) is 5.41 Å². The van der Waals surface area contributed by atoms with E-state index in [0.717, 1.165) is 45.3 Å². The summed E-state index contributed by atoms with van der Waals surface area (Å²) in [5.74, 6) is 0.997. The van der Waals surface area contributed by atoms with Gasteiger partial charge in [0, 0.05) is 32.9 Å². The van der Waals surface area contributed by atoms with Crippen molar-refractivity contribution in [2.75, 3.05) is 0 Å². The zero-order chi connectivity index (χ0) is 55.3. The highest BCUT2D eigenvalue weighted by molar-refractivity contribution is 6.17. The molecule has 1 heterocycles. The molecule has 4 nitrogen and oxygen atoms in total. The first kappa shape index (κ1) is 54.4. The molecule has 79 heavy (non-hydrogen) atoms. The predicted molar refractivity (Wildman–Crippen MR) is 343 cm³/mol. The topological polar surface area (TPSA) is 55.7 Å². The number of para-hydroxylation sites is 1. The molecule has 2 N–H and O–H groups in total. The third-order valence-electron chi connectivity index (χ3n) is 14.7. The highest BCUT2D eigenvalue weighted by Gasteiger charge is 2.36. The molecular formula is C75H70N4. The van der Waals surface area contributed by atoms with Crippen molar-refractivity contribution < 1.29 is 0 Å². The second-order valence-corrected chi connectivity index (χ2v) is 19.9. The maximum Gasteiger partial charge on any atom is 0.158 e. The van der Waals surface area contributed by atoms with E-state index >= 15 is 0 Å². The normalized spacial score (nSPS) is 12.6. The average Bonchev–Trinajstić information content (AvgIpc) is 4.10. The summed E-state index contributed by atoms with van der Waals surface area (Å²) in [5.41, 5.74) is 23.0. The zero-order valence-corrected chi connectivity index (χ0v) is 46.5. The van der Waals surface area contributed by atoms with Gasteiger partial charge in [-0.1, -0.05) is 284 Å². The summed E-state index contributed by atoms with van der Waals surface area (Å²) in [6.45, 7) is 20.5. The van der Waals surface area contributed by atoms with E-state index in [0.29, 0.717) is 18.3 Å². The molecule has 4 heteroatoms. The minimum absolute atomic E-state index is 0.110. The molecule has 0 atom stereocenters. The Balaban J connectivity index is 0.000000341. The van der Waals surface area contributed by atoms with Gasteiger partial charge in [-0.15, -0.1) is 0 Å². The molecule has 10 aromatic carbocycles. The van der Waals surface area contributed by atoms with Crippen LogP contribution in [-0.2, 0) is 18.5 Å². The summed E-state index contributed by atoms with van der Waals surface area (Å²) in [5, 5.41) is 7.34. The fraction of sp³-hybridized carbons (Fsp3) is 0.120. The Hall–Kier alpha value is -9.38. The molecule has 0 radical (unpaired) electrons. The summed E-state index contributed by atoms with van der Waals surface area (Å²) in [4.78, 5) is 10.4. The van der Waals surface area contributed by atoms with Gasteiger partial charge in [0.05, 0.1) is 11.0 Å². The van der Waals surface area contributed by atoms with Gasteiger partial charge in [0.15, 0.2) is 5.84 Å². The van der Waals surface area contributed by atoms with Gasteiger partial charge >= 0.3 is 0 Å². The van der Waals surface area contributed by atoms with E-state index in [9.17, 15) is 0 Å². The number of aliphatic imine (C=N–C) groups is 2. The van der Waals surface area contributed by atoms with Crippen LogP contribution in [0.3, 0.4) is 0 Å². The van der Waals surface area contributed by atoms with Crippen molar-refractivity contribution in [3.63, 3.8) is 0 Å². The van der Waals surface area contributed by atoms with Crippen LogP contribution >= 0.6 is 0 Å². The molecule has 0 amide bonds. The van der Waals surface area contributed by atoms with Crippen LogP contribution in [0.4, 0.5) is 0 Å². The van der Waals surface area contributed by atoms with Gasteiger partial charge in [-0.05, 0) is 103 Å². The van der Waals surface area contributed by atoms with Crippen LogP contribution in [0.5, 0.6) is 0 Å². The number of benzene rings is 10. The van der Waals surface area contributed by atoms with Crippen LogP contribution in [0.1, 0.15) is 69.4 Å². The van der Waals surface area contributed by atoms with Crippen molar-refractivity contribution in [1.82, 2.24) is 4.57 Å². The first-order valence-electron chi connectivity index (χ1n) is 27.5. The summed E-state index contributed by atoms with van der Waals surface area (Å²) < 4.78 is 2.37. The number of aromatic nitrogens is 1. The molecule has 0 unspecified atom stereocenters. The van der Waals surface area contributed by atoms with Crippen molar-refractivity contribution in [3.05, 3.63) is 301 Å². The quantitative estimate of drug-likeness (QED) is 0.0828. The molecule has 390 valence electrons. The van der Waals surface area contributed by atoms with Crippen molar-refractivity contribution in [3.8, 4) is 33.4 Å². The minimum atomic E-state index is -0.110. The summed E-state index contributed by atoms with van der Waals surface area (Å²) >= 11 is 0. The van der Waals surface area contributed by atoms with Gasteiger partial charge in [-0.2, -0.15) is 0 Å². The molecule has 0 saturated carbocycles. The first-order chi connectivity index (χ1) is 38.7. The smallest absolute Gasteiger partial charge is 0.158 e. The minimum Gasteiger partial charge on any atom is -0.383 e. The summed E-state index contributed by atoms with van der Waals surface area (Å²) in [6.07, 6.45) is 10.6. The Kier molecular flexibility index (Phi) is 17.3. The van der Waals surface area contributed by atoms with E-state index in [2.05, 4.69) is 220 Å². The monoisotopic (exact) mass is 1030 g/mol. The molecular weight excluding hydrogens is 957 g/mol. The SMILES string of the molecule is C=CC(=C)/C=C\C=C/C.CC.CC1(C)c2ccc(-c3cccc4c5cc6ccccc6cc5n(C/N=C(\N=C(N)c5ccccc5)c5ccc(-c6ccccc6)cc5)c34)cc2-c2c1ccc1ccccc21.CCc1ccccc1.